The van der Waals surface area contributed by atoms with Crippen LogP contribution in [-0.2, 0) is 13.2 Å². The van der Waals surface area contributed by atoms with Crippen molar-refractivity contribution in [3.8, 4) is 5.75 Å². The van der Waals surface area contributed by atoms with Crippen LogP contribution in [0.4, 0.5) is 5.82 Å². The molecule has 158 valence electrons. The Bertz CT molecular complexity index is 1030. The van der Waals surface area contributed by atoms with Gasteiger partial charge < -0.3 is 21.1 Å². The molecule has 0 aliphatic heterocycles. The third-order valence-corrected chi connectivity index (χ3v) is 4.87. The Hall–Kier alpha value is -2.52. The molecule has 3 aromatic rings. The summed E-state index contributed by atoms with van der Waals surface area (Å²) in [6.07, 6.45) is 0. The van der Waals surface area contributed by atoms with Gasteiger partial charge in [-0.05, 0) is 40.6 Å². The molecule has 0 unspecified atom stereocenters. The number of carbonyl (C=O) groups is 1. The third kappa shape index (κ3) is 5.99. The van der Waals surface area contributed by atoms with E-state index in [9.17, 15) is 4.79 Å². The van der Waals surface area contributed by atoms with Crippen LogP contribution in [-0.4, -0.2) is 29.3 Å². The van der Waals surface area contributed by atoms with E-state index in [2.05, 4.69) is 25.6 Å². The highest BCUT2D eigenvalue weighted by atomic mass is 35.5. The van der Waals surface area contributed by atoms with Crippen molar-refractivity contribution >= 4 is 46.5 Å². The van der Waals surface area contributed by atoms with Crippen LogP contribution in [0, 0.1) is 0 Å². The van der Waals surface area contributed by atoms with E-state index in [1.807, 2.05) is 12.1 Å². The molecule has 0 fully saturated rings. The lowest BCUT2D eigenvalue weighted by Gasteiger charge is -2.14. The summed E-state index contributed by atoms with van der Waals surface area (Å²) in [7, 11) is 0. The Morgan fingerprint density at radius 1 is 1.03 bits per heavy atom. The molecule has 8 nitrogen and oxygen atoms in total. The number of hydrogen-bond acceptors (Lipinski definition) is 7. The maximum Gasteiger partial charge on any atom is 0.277 e. The minimum absolute atomic E-state index is 0.0404. The molecule has 1 amide bonds. The van der Waals surface area contributed by atoms with E-state index in [1.54, 1.807) is 24.3 Å². The third-order valence-electron chi connectivity index (χ3n) is 4.05. The van der Waals surface area contributed by atoms with E-state index in [1.165, 1.54) is 0 Å². The molecule has 30 heavy (non-hydrogen) atoms. The van der Waals surface area contributed by atoms with Crippen molar-refractivity contribution in [2.45, 2.75) is 13.2 Å². The Morgan fingerprint density at radius 2 is 1.80 bits per heavy atom. The topological polar surface area (TPSA) is 115 Å². The van der Waals surface area contributed by atoms with Gasteiger partial charge in [-0.25, -0.2) is 4.63 Å². The highest BCUT2D eigenvalue weighted by molar-refractivity contribution is 6.35. The van der Waals surface area contributed by atoms with Crippen molar-refractivity contribution in [1.82, 2.24) is 20.9 Å². The summed E-state index contributed by atoms with van der Waals surface area (Å²) in [5.41, 5.74) is 7.12. The minimum atomic E-state index is -0.456. The van der Waals surface area contributed by atoms with Gasteiger partial charge in [0, 0.05) is 45.8 Å². The van der Waals surface area contributed by atoms with Crippen molar-refractivity contribution in [1.29, 1.82) is 0 Å². The molecule has 0 saturated carbocycles. The molecule has 0 aliphatic carbocycles. The summed E-state index contributed by atoms with van der Waals surface area (Å²) in [5, 5.41) is 14.4. The van der Waals surface area contributed by atoms with Crippen LogP contribution in [0.5, 0.6) is 5.75 Å². The molecule has 0 aliphatic rings. The predicted octanol–water partition coefficient (Wildman–Crippen LogP) is 3.71. The zero-order valence-corrected chi connectivity index (χ0v) is 17.9. The van der Waals surface area contributed by atoms with Crippen molar-refractivity contribution in [2.75, 3.05) is 18.8 Å². The molecular formula is C19H18Cl3N5O3. The predicted molar refractivity (Wildman–Crippen MR) is 115 cm³/mol. The fourth-order valence-corrected chi connectivity index (χ4v) is 3.20. The first-order valence-corrected chi connectivity index (χ1v) is 9.99. The van der Waals surface area contributed by atoms with Crippen LogP contribution in [0.15, 0.2) is 41.0 Å². The number of nitrogens with zero attached hydrogens (tertiary/aromatic N) is 2. The summed E-state index contributed by atoms with van der Waals surface area (Å²) >= 11 is 18.2. The van der Waals surface area contributed by atoms with Gasteiger partial charge in [-0.15, -0.1) is 0 Å². The monoisotopic (exact) mass is 469 g/mol. The van der Waals surface area contributed by atoms with Gasteiger partial charge in [0.2, 0.25) is 11.5 Å². The highest BCUT2D eigenvalue weighted by Gasteiger charge is 2.15. The molecular weight excluding hydrogens is 453 g/mol. The quantitative estimate of drug-likeness (QED) is 0.408. The van der Waals surface area contributed by atoms with Gasteiger partial charge in [-0.3, -0.25) is 4.79 Å². The largest absolute Gasteiger partial charge is 0.489 e. The van der Waals surface area contributed by atoms with Crippen molar-refractivity contribution < 1.29 is 14.2 Å². The fraction of sp³-hybridized carbons (Fsp3) is 0.211. The van der Waals surface area contributed by atoms with Gasteiger partial charge in [-0.2, -0.15) is 0 Å². The minimum Gasteiger partial charge on any atom is -0.489 e. The number of halogens is 3. The number of nitrogens with one attached hydrogen (secondary N) is 2. The second-order valence-corrected chi connectivity index (χ2v) is 7.49. The summed E-state index contributed by atoms with van der Waals surface area (Å²) < 4.78 is 10.3. The van der Waals surface area contributed by atoms with E-state index in [0.717, 1.165) is 11.1 Å². The average Bonchev–Trinajstić information content (AvgIpc) is 3.14. The van der Waals surface area contributed by atoms with Crippen LogP contribution in [0.3, 0.4) is 0 Å². The van der Waals surface area contributed by atoms with Gasteiger partial charge in [-0.1, -0.05) is 40.9 Å². The standard InChI is InChI=1S/C19H18Cl3N5O3/c20-13-3-4-16(29-10-11-1-2-14(21)8-15(11)22)12(7-13)9-24-5-6-25-19(28)17-18(23)27-30-26-17/h1-4,7-8,24H,5-6,9-10H2,(H2,23,27)(H,25,28). The number of ether oxygens (including phenoxy) is 1. The van der Waals surface area contributed by atoms with Crippen molar-refractivity contribution in [3.05, 3.63) is 68.3 Å². The van der Waals surface area contributed by atoms with Crippen LogP contribution < -0.4 is 21.1 Å². The summed E-state index contributed by atoms with van der Waals surface area (Å²) in [4.78, 5) is 11.9. The molecule has 0 bridgehead atoms. The van der Waals surface area contributed by atoms with Gasteiger partial charge in [0.1, 0.15) is 12.4 Å². The summed E-state index contributed by atoms with van der Waals surface area (Å²) in [6, 6.07) is 10.6. The molecule has 1 heterocycles. The van der Waals surface area contributed by atoms with Gasteiger partial charge in [0.05, 0.1) is 0 Å². The SMILES string of the molecule is Nc1nonc1C(=O)NCCNCc1cc(Cl)ccc1OCc1ccc(Cl)cc1Cl. The Morgan fingerprint density at radius 3 is 2.53 bits per heavy atom. The number of anilines is 1. The van der Waals surface area contributed by atoms with Crippen molar-refractivity contribution in [2.24, 2.45) is 0 Å². The van der Waals surface area contributed by atoms with Crippen molar-refractivity contribution in [3.63, 3.8) is 0 Å². The molecule has 0 atom stereocenters. The lowest BCUT2D eigenvalue weighted by atomic mass is 10.2. The molecule has 3 rings (SSSR count). The van der Waals surface area contributed by atoms with Gasteiger partial charge in [0.15, 0.2) is 0 Å². The molecule has 1 aromatic heterocycles. The molecule has 11 heteroatoms. The fourth-order valence-electron chi connectivity index (χ4n) is 2.55. The lowest BCUT2D eigenvalue weighted by Crippen LogP contribution is -2.32. The summed E-state index contributed by atoms with van der Waals surface area (Å²) in [6.45, 7) is 1.61. The lowest BCUT2D eigenvalue weighted by molar-refractivity contribution is 0.0944. The number of nitrogens with two attached hydrogens (primary N) is 1. The normalized spacial score (nSPS) is 10.8. The van der Waals surface area contributed by atoms with Crippen LogP contribution >= 0.6 is 34.8 Å². The number of aromatic nitrogens is 2. The molecule has 0 radical (unpaired) electrons. The number of nitrogen functional groups attached to an aromatic ring is 1. The van der Waals surface area contributed by atoms with Crippen LogP contribution in [0.2, 0.25) is 15.1 Å². The van der Waals surface area contributed by atoms with Crippen LogP contribution in [0.1, 0.15) is 21.6 Å². The zero-order valence-electron chi connectivity index (χ0n) is 15.6. The number of rotatable bonds is 9. The van der Waals surface area contributed by atoms with E-state index in [4.69, 9.17) is 45.3 Å². The van der Waals surface area contributed by atoms with E-state index < -0.39 is 5.91 Å². The first-order valence-electron chi connectivity index (χ1n) is 8.86. The number of amides is 1. The van der Waals surface area contributed by atoms with Gasteiger partial charge in [0.25, 0.3) is 5.91 Å². The Kier molecular flexibility index (Phi) is 7.75. The molecule has 4 N–H and O–H groups in total. The second kappa shape index (κ2) is 10.5. The molecule has 2 aromatic carbocycles. The highest BCUT2D eigenvalue weighted by Crippen LogP contribution is 2.26. The summed E-state index contributed by atoms with van der Waals surface area (Å²) in [5.74, 6) is 0.160. The van der Waals surface area contributed by atoms with E-state index in [0.29, 0.717) is 40.5 Å². The van der Waals surface area contributed by atoms with E-state index in [-0.39, 0.29) is 18.1 Å². The van der Waals surface area contributed by atoms with Gasteiger partial charge >= 0.3 is 0 Å². The first kappa shape index (κ1) is 22.2. The molecule has 0 spiro atoms. The average molecular weight is 471 g/mol. The maximum absolute atomic E-state index is 11.9. The maximum atomic E-state index is 11.9. The first-order chi connectivity index (χ1) is 14.4. The van der Waals surface area contributed by atoms with Crippen LogP contribution in [0.25, 0.3) is 0 Å². The number of carbonyl (C=O) groups excluding carboxylic acids is 1. The number of benzene rings is 2. The zero-order chi connectivity index (χ0) is 21.5. The number of hydrogen-bond donors (Lipinski definition) is 3. The smallest absolute Gasteiger partial charge is 0.277 e. The second-order valence-electron chi connectivity index (χ2n) is 6.21. The Labute approximate surface area is 187 Å². The van der Waals surface area contributed by atoms with E-state index >= 15 is 0 Å². The molecule has 0 saturated heterocycles. The Balaban J connectivity index is 1.51.